The SMILES string of the molecule is COc1ccc(Cn2nnc(-c3cnc4cc(CCc5nc(C(C)(C)C)cs5)ccn4c3=O)n2)cc1. The van der Waals surface area contributed by atoms with Crippen molar-refractivity contribution in [2.24, 2.45) is 0 Å². The van der Waals surface area contributed by atoms with Crippen molar-refractivity contribution in [1.29, 1.82) is 0 Å². The zero-order valence-corrected chi connectivity index (χ0v) is 21.5. The molecule has 10 heteroatoms. The minimum Gasteiger partial charge on any atom is -0.497 e. The zero-order valence-electron chi connectivity index (χ0n) is 20.7. The molecule has 0 saturated carbocycles. The van der Waals surface area contributed by atoms with Gasteiger partial charge in [-0.25, -0.2) is 9.97 Å². The molecule has 0 N–H and O–H groups in total. The van der Waals surface area contributed by atoms with Crippen LogP contribution in [0.4, 0.5) is 0 Å². The van der Waals surface area contributed by atoms with Crippen LogP contribution in [0.25, 0.3) is 17.0 Å². The lowest BCUT2D eigenvalue weighted by Crippen LogP contribution is -2.17. The summed E-state index contributed by atoms with van der Waals surface area (Å²) in [6.07, 6.45) is 4.95. The van der Waals surface area contributed by atoms with Crippen molar-refractivity contribution < 1.29 is 4.74 Å². The highest BCUT2D eigenvalue weighted by atomic mass is 32.1. The van der Waals surface area contributed by atoms with E-state index in [0.29, 0.717) is 17.8 Å². The highest BCUT2D eigenvalue weighted by Gasteiger charge is 2.17. The number of nitrogens with zero attached hydrogens (tertiary/aromatic N) is 7. The number of benzene rings is 1. The van der Waals surface area contributed by atoms with Crippen molar-refractivity contribution in [3.8, 4) is 17.1 Å². The van der Waals surface area contributed by atoms with Gasteiger partial charge < -0.3 is 4.74 Å². The van der Waals surface area contributed by atoms with Gasteiger partial charge in [-0.3, -0.25) is 9.20 Å². The van der Waals surface area contributed by atoms with Crippen LogP contribution in [0.5, 0.6) is 5.75 Å². The Morgan fingerprint density at radius 3 is 2.58 bits per heavy atom. The van der Waals surface area contributed by atoms with Crippen molar-refractivity contribution in [1.82, 2.24) is 34.6 Å². The van der Waals surface area contributed by atoms with E-state index in [2.05, 4.69) is 46.5 Å². The van der Waals surface area contributed by atoms with Gasteiger partial charge in [0.2, 0.25) is 5.82 Å². The fraction of sp³-hybridized carbons (Fsp3) is 0.308. The average Bonchev–Trinajstić information content (AvgIpc) is 3.53. The van der Waals surface area contributed by atoms with Crippen LogP contribution in [0.3, 0.4) is 0 Å². The molecule has 0 radical (unpaired) electrons. The van der Waals surface area contributed by atoms with Crippen molar-refractivity contribution in [3.05, 3.63) is 86.4 Å². The zero-order chi connectivity index (χ0) is 25.3. The number of hydrogen-bond acceptors (Lipinski definition) is 8. The van der Waals surface area contributed by atoms with E-state index in [1.165, 1.54) is 15.4 Å². The summed E-state index contributed by atoms with van der Waals surface area (Å²) < 4.78 is 6.70. The fourth-order valence-corrected chi connectivity index (χ4v) is 4.78. The number of rotatable bonds is 7. The second kappa shape index (κ2) is 9.62. The summed E-state index contributed by atoms with van der Waals surface area (Å²) >= 11 is 1.70. The van der Waals surface area contributed by atoms with Crippen LogP contribution in [0.2, 0.25) is 0 Å². The van der Waals surface area contributed by atoms with E-state index in [1.54, 1.807) is 24.6 Å². The predicted molar refractivity (Wildman–Crippen MR) is 139 cm³/mol. The molecule has 0 aliphatic heterocycles. The summed E-state index contributed by atoms with van der Waals surface area (Å²) in [7, 11) is 1.63. The van der Waals surface area contributed by atoms with Gasteiger partial charge in [0.25, 0.3) is 5.56 Å². The summed E-state index contributed by atoms with van der Waals surface area (Å²) in [6, 6.07) is 11.5. The van der Waals surface area contributed by atoms with Gasteiger partial charge in [0.15, 0.2) is 0 Å². The summed E-state index contributed by atoms with van der Waals surface area (Å²) in [5.74, 6) is 1.03. The number of ether oxygens (including phenoxy) is 1. The van der Waals surface area contributed by atoms with Gasteiger partial charge in [-0.2, -0.15) is 4.80 Å². The lowest BCUT2D eigenvalue weighted by atomic mass is 9.93. The largest absolute Gasteiger partial charge is 0.497 e. The molecule has 0 aliphatic rings. The van der Waals surface area contributed by atoms with Gasteiger partial charge in [0.05, 0.1) is 24.4 Å². The van der Waals surface area contributed by atoms with Crippen molar-refractivity contribution in [2.75, 3.05) is 7.11 Å². The molecule has 5 rings (SSSR count). The molecule has 0 aliphatic carbocycles. The van der Waals surface area contributed by atoms with Crippen LogP contribution in [-0.4, -0.2) is 41.7 Å². The first kappa shape index (κ1) is 23.8. The van der Waals surface area contributed by atoms with Crippen LogP contribution < -0.4 is 10.3 Å². The smallest absolute Gasteiger partial charge is 0.269 e. The quantitative estimate of drug-likeness (QED) is 0.333. The highest BCUT2D eigenvalue weighted by Crippen LogP contribution is 2.24. The maximum absolute atomic E-state index is 13.1. The van der Waals surface area contributed by atoms with E-state index in [9.17, 15) is 4.79 Å². The van der Waals surface area contributed by atoms with E-state index < -0.39 is 0 Å². The summed E-state index contributed by atoms with van der Waals surface area (Å²) in [4.78, 5) is 23.9. The van der Waals surface area contributed by atoms with Crippen LogP contribution >= 0.6 is 11.3 Å². The molecule has 184 valence electrons. The van der Waals surface area contributed by atoms with Crippen LogP contribution in [0, 0.1) is 0 Å². The van der Waals surface area contributed by atoms with Crippen molar-refractivity contribution in [2.45, 2.75) is 45.6 Å². The Bertz CT molecular complexity index is 1560. The van der Waals surface area contributed by atoms with Gasteiger partial charge in [-0.05, 0) is 47.0 Å². The standard InChI is InChI=1S/C26H27N7O2S/c1-26(2,3)21-16-36-23(28-21)10-7-17-11-12-32-22(13-17)27-14-20(25(32)34)24-29-31-33(30-24)15-18-5-8-19(35-4)9-6-18/h5-6,8-9,11-14,16H,7,10,15H2,1-4H3. The van der Waals surface area contributed by atoms with E-state index in [4.69, 9.17) is 9.72 Å². The molecule has 0 fully saturated rings. The Labute approximate surface area is 212 Å². The number of methoxy groups -OCH3 is 1. The topological polar surface area (TPSA) is 100 Å². The monoisotopic (exact) mass is 501 g/mol. The van der Waals surface area contributed by atoms with Gasteiger partial charge >= 0.3 is 0 Å². The normalized spacial score (nSPS) is 11.8. The molecule has 4 aromatic heterocycles. The van der Waals surface area contributed by atoms with Gasteiger partial charge in [-0.1, -0.05) is 32.9 Å². The molecule has 0 spiro atoms. The Kier molecular flexibility index (Phi) is 6.36. The molecule has 0 atom stereocenters. The summed E-state index contributed by atoms with van der Waals surface area (Å²) in [6.45, 7) is 6.94. The molecule has 1 aromatic carbocycles. The molecule has 4 heterocycles. The fourth-order valence-electron chi connectivity index (χ4n) is 3.76. The molecule has 0 saturated heterocycles. The maximum atomic E-state index is 13.1. The molecule has 0 unspecified atom stereocenters. The molecule has 0 amide bonds. The summed E-state index contributed by atoms with van der Waals surface area (Å²) in [5, 5.41) is 15.8. The van der Waals surface area contributed by atoms with E-state index in [0.717, 1.165) is 40.4 Å². The molecule has 36 heavy (non-hydrogen) atoms. The van der Waals surface area contributed by atoms with Gasteiger partial charge in [-0.15, -0.1) is 21.5 Å². The first-order valence-electron chi connectivity index (χ1n) is 11.7. The second-order valence-corrected chi connectivity index (χ2v) is 10.6. The molecular weight excluding hydrogens is 474 g/mol. The molecule has 0 bridgehead atoms. The number of tetrazole rings is 1. The highest BCUT2D eigenvalue weighted by molar-refractivity contribution is 7.09. The third-order valence-electron chi connectivity index (χ3n) is 5.90. The first-order valence-corrected chi connectivity index (χ1v) is 12.5. The molecule has 5 aromatic rings. The Morgan fingerprint density at radius 2 is 1.86 bits per heavy atom. The Hall–Kier alpha value is -3.92. The molecular formula is C26H27N7O2S. The van der Waals surface area contributed by atoms with Crippen molar-refractivity contribution in [3.63, 3.8) is 0 Å². The minimum absolute atomic E-state index is 0.0520. The third-order valence-corrected chi connectivity index (χ3v) is 6.81. The first-order chi connectivity index (χ1) is 17.3. The minimum atomic E-state index is -0.231. The maximum Gasteiger partial charge on any atom is 0.269 e. The van der Waals surface area contributed by atoms with E-state index >= 15 is 0 Å². The molecule has 9 nitrogen and oxygen atoms in total. The van der Waals surface area contributed by atoms with Crippen LogP contribution in [-0.2, 0) is 24.8 Å². The third kappa shape index (κ3) is 5.03. The van der Waals surface area contributed by atoms with E-state index in [-0.39, 0.29) is 16.8 Å². The van der Waals surface area contributed by atoms with E-state index in [1.807, 2.05) is 36.4 Å². The number of thiazole rings is 1. The number of hydrogen-bond donors (Lipinski definition) is 0. The Morgan fingerprint density at radius 1 is 1.06 bits per heavy atom. The second-order valence-electron chi connectivity index (χ2n) is 9.61. The average molecular weight is 502 g/mol. The van der Waals surface area contributed by atoms with Crippen LogP contribution in [0.15, 0.2) is 59.0 Å². The van der Waals surface area contributed by atoms with Gasteiger partial charge in [0, 0.05) is 29.6 Å². The number of fused-ring (bicyclic) bond motifs is 1. The Balaban J connectivity index is 1.31. The predicted octanol–water partition coefficient (Wildman–Crippen LogP) is 3.94. The van der Waals surface area contributed by atoms with Crippen LogP contribution in [0.1, 0.15) is 42.6 Å². The van der Waals surface area contributed by atoms with Crippen molar-refractivity contribution >= 4 is 17.0 Å². The number of aromatic nitrogens is 7. The lowest BCUT2D eigenvalue weighted by Gasteiger charge is -2.14. The summed E-state index contributed by atoms with van der Waals surface area (Å²) in [5.41, 5.74) is 3.93. The number of pyridine rings is 1. The number of aryl methyl sites for hydroxylation is 2. The van der Waals surface area contributed by atoms with Gasteiger partial charge in [0.1, 0.15) is 17.0 Å². The lowest BCUT2D eigenvalue weighted by molar-refractivity contribution is 0.414.